The second kappa shape index (κ2) is 6.88. The highest BCUT2D eigenvalue weighted by Crippen LogP contribution is 2.36. The lowest BCUT2D eigenvalue weighted by molar-refractivity contribution is -0.131. The zero-order valence-corrected chi connectivity index (χ0v) is 15.5. The van der Waals surface area contributed by atoms with E-state index < -0.39 is 11.6 Å². The van der Waals surface area contributed by atoms with Gasteiger partial charge in [-0.25, -0.2) is 4.79 Å². The number of nitrogens with one attached hydrogen (secondary N) is 1. The average Bonchev–Trinajstić information content (AvgIpc) is 2.86. The summed E-state index contributed by atoms with van der Waals surface area (Å²) in [4.78, 5) is 26.7. The third-order valence-electron chi connectivity index (χ3n) is 4.52. The Labute approximate surface area is 156 Å². The standard InChI is InChI=1S/C19H19ClN2O4/c1-19(13-8-9-15(25-2)16(10-13)26-3)17(23)22(18(24)21-19)11-12-6-4-5-7-14(12)20/h4-10H,11H2,1-3H3,(H,21,24)/t19-/m1/s1. The van der Waals surface area contributed by atoms with Gasteiger partial charge in [0.1, 0.15) is 5.54 Å². The number of halogens is 1. The molecule has 0 radical (unpaired) electrons. The van der Waals surface area contributed by atoms with Gasteiger partial charge in [-0.2, -0.15) is 0 Å². The van der Waals surface area contributed by atoms with Crippen molar-refractivity contribution in [2.24, 2.45) is 0 Å². The number of hydrogen-bond acceptors (Lipinski definition) is 4. The molecule has 3 amide bonds. The molecule has 3 rings (SSSR count). The minimum absolute atomic E-state index is 0.104. The van der Waals surface area contributed by atoms with Crippen LogP contribution in [-0.4, -0.2) is 31.1 Å². The van der Waals surface area contributed by atoms with Crippen molar-refractivity contribution < 1.29 is 19.1 Å². The molecule has 136 valence electrons. The summed E-state index contributed by atoms with van der Waals surface area (Å²) in [6.07, 6.45) is 0. The molecule has 0 spiro atoms. The molecule has 0 unspecified atom stereocenters. The Hall–Kier alpha value is -2.73. The highest BCUT2D eigenvalue weighted by molar-refractivity contribution is 6.31. The van der Waals surface area contributed by atoms with Gasteiger partial charge < -0.3 is 14.8 Å². The minimum Gasteiger partial charge on any atom is -0.493 e. The Morgan fingerprint density at radius 3 is 2.42 bits per heavy atom. The minimum atomic E-state index is -1.20. The third-order valence-corrected chi connectivity index (χ3v) is 4.89. The van der Waals surface area contributed by atoms with Gasteiger partial charge in [0.05, 0.1) is 20.8 Å². The van der Waals surface area contributed by atoms with Crippen LogP contribution in [0.25, 0.3) is 0 Å². The van der Waals surface area contributed by atoms with Gasteiger partial charge in [-0.1, -0.05) is 35.9 Å². The van der Waals surface area contributed by atoms with E-state index in [0.717, 1.165) is 4.90 Å². The first kappa shape index (κ1) is 18.1. The quantitative estimate of drug-likeness (QED) is 0.815. The van der Waals surface area contributed by atoms with Gasteiger partial charge in [0, 0.05) is 5.02 Å². The molecule has 7 heteroatoms. The number of hydrogen-bond donors (Lipinski definition) is 1. The van der Waals surface area contributed by atoms with Gasteiger partial charge in [-0.15, -0.1) is 0 Å². The van der Waals surface area contributed by atoms with Crippen molar-refractivity contribution in [2.75, 3.05) is 14.2 Å². The second-order valence-electron chi connectivity index (χ2n) is 6.11. The maximum Gasteiger partial charge on any atom is 0.325 e. The van der Waals surface area contributed by atoms with Crippen molar-refractivity contribution in [3.63, 3.8) is 0 Å². The van der Waals surface area contributed by atoms with Gasteiger partial charge in [0.25, 0.3) is 5.91 Å². The summed E-state index contributed by atoms with van der Waals surface area (Å²) in [6, 6.07) is 11.8. The Morgan fingerprint density at radius 2 is 1.77 bits per heavy atom. The van der Waals surface area contributed by atoms with Crippen molar-refractivity contribution in [1.82, 2.24) is 10.2 Å². The van der Waals surface area contributed by atoms with Crippen molar-refractivity contribution >= 4 is 23.5 Å². The molecule has 1 heterocycles. The molecule has 2 aromatic rings. The fraction of sp³-hybridized carbons (Fsp3) is 0.263. The van der Waals surface area contributed by atoms with Crippen molar-refractivity contribution in [2.45, 2.75) is 19.0 Å². The third kappa shape index (κ3) is 2.97. The fourth-order valence-electron chi connectivity index (χ4n) is 2.98. The van der Waals surface area contributed by atoms with Crippen LogP contribution in [0, 0.1) is 0 Å². The van der Waals surface area contributed by atoms with E-state index in [0.29, 0.717) is 27.6 Å². The molecule has 0 saturated carbocycles. The molecular weight excluding hydrogens is 356 g/mol. The number of imide groups is 1. The molecule has 0 aromatic heterocycles. The monoisotopic (exact) mass is 374 g/mol. The first-order chi connectivity index (χ1) is 12.4. The number of methoxy groups -OCH3 is 2. The maximum atomic E-state index is 13.0. The van der Waals surface area contributed by atoms with Gasteiger partial charge in [0.15, 0.2) is 11.5 Å². The van der Waals surface area contributed by atoms with E-state index in [-0.39, 0.29) is 12.5 Å². The molecule has 1 N–H and O–H groups in total. The summed E-state index contributed by atoms with van der Waals surface area (Å²) in [6.45, 7) is 1.77. The maximum absolute atomic E-state index is 13.0. The highest BCUT2D eigenvalue weighted by atomic mass is 35.5. The predicted molar refractivity (Wildman–Crippen MR) is 97.4 cm³/mol. The van der Waals surface area contributed by atoms with Crippen LogP contribution in [0.15, 0.2) is 42.5 Å². The zero-order chi connectivity index (χ0) is 18.9. The van der Waals surface area contributed by atoms with Gasteiger partial charge in [0.2, 0.25) is 0 Å². The van der Waals surface area contributed by atoms with Crippen molar-refractivity contribution in [1.29, 1.82) is 0 Å². The van der Waals surface area contributed by atoms with Gasteiger partial charge in [-0.05, 0) is 36.2 Å². The van der Waals surface area contributed by atoms with Crippen molar-refractivity contribution in [3.8, 4) is 11.5 Å². The summed E-state index contributed by atoms with van der Waals surface area (Å²) in [7, 11) is 3.05. The molecule has 0 aliphatic carbocycles. The Kier molecular flexibility index (Phi) is 4.78. The number of nitrogens with zero attached hydrogens (tertiary/aromatic N) is 1. The zero-order valence-electron chi connectivity index (χ0n) is 14.7. The molecule has 6 nitrogen and oxygen atoms in total. The van der Waals surface area contributed by atoms with Gasteiger partial charge in [-0.3, -0.25) is 9.69 Å². The summed E-state index contributed by atoms with van der Waals surface area (Å²) in [5.41, 5.74) is 0.113. The van der Waals surface area contributed by atoms with Crippen LogP contribution in [0.5, 0.6) is 11.5 Å². The Bertz CT molecular complexity index is 870. The largest absolute Gasteiger partial charge is 0.493 e. The highest BCUT2D eigenvalue weighted by Gasteiger charge is 2.49. The Morgan fingerprint density at radius 1 is 1.08 bits per heavy atom. The molecule has 1 fully saturated rings. The first-order valence-corrected chi connectivity index (χ1v) is 8.38. The topological polar surface area (TPSA) is 67.9 Å². The number of amides is 3. The molecule has 1 saturated heterocycles. The average molecular weight is 375 g/mol. The van der Waals surface area contributed by atoms with E-state index in [2.05, 4.69) is 5.32 Å². The van der Waals surface area contributed by atoms with E-state index in [9.17, 15) is 9.59 Å². The first-order valence-electron chi connectivity index (χ1n) is 8.00. The lowest BCUT2D eigenvalue weighted by Gasteiger charge is -2.23. The van der Waals surface area contributed by atoms with Crippen LogP contribution in [0.2, 0.25) is 5.02 Å². The van der Waals surface area contributed by atoms with Crippen LogP contribution in [-0.2, 0) is 16.9 Å². The van der Waals surface area contributed by atoms with E-state index >= 15 is 0 Å². The molecule has 1 aliphatic rings. The van der Waals surface area contributed by atoms with E-state index in [1.165, 1.54) is 14.2 Å². The number of benzene rings is 2. The van der Waals surface area contributed by atoms with E-state index in [1.807, 2.05) is 6.07 Å². The van der Waals surface area contributed by atoms with Crippen LogP contribution in [0.4, 0.5) is 4.79 Å². The molecule has 1 aliphatic heterocycles. The lowest BCUT2D eigenvalue weighted by Crippen LogP contribution is -2.40. The summed E-state index contributed by atoms with van der Waals surface area (Å²) >= 11 is 6.16. The number of rotatable bonds is 5. The van der Waals surface area contributed by atoms with E-state index in [1.54, 1.807) is 43.3 Å². The molecule has 2 aromatic carbocycles. The number of ether oxygens (including phenoxy) is 2. The number of urea groups is 1. The van der Waals surface area contributed by atoms with Crippen molar-refractivity contribution in [3.05, 3.63) is 58.6 Å². The number of carbonyl (C=O) groups is 2. The summed E-state index contributed by atoms with van der Waals surface area (Å²) < 4.78 is 10.5. The second-order valence-corrected chi connectivity index (χ2v) is 6.51. The smallest absolute Gasteiger partial charge is 0.325 e. The normalized spacial score (nSPS) is 19.5. The lowest BCUT2D eigenvalue weighted by atomic mass is 9.91. The SMILES string of the molecule is COc1ccc([C@@]2(C)NC(=O)N(Cc3ccccc3Cl)C2=O)cc1OC. The van der Waals surface area contributed by atoms with Crippen LogP contribution >= 0.6 is 11.6 Å². The summed E-state index contributed by atoms with van der Waals surface area (Å²) in [5, 5.41) is 3.28. The molecule has 0 bridgehead atoms. The molecule has 26 heavy (non-hydrogen) atoms. The van der Waals surface area contributed by atoms with Crippen LogP contribution < -0.4 is 14.8 Å². The molecular formula is C19H19ClN2O4. The molecule has 1 atom stereocenters. The summed E-state index contributed by atoms with van der Waals surface area (Å²) in [5.74, 6) is 0.678. The van der Waals surface area contributed by atoms with Crippen LogP contribution in [0.3, 0.4) is 0 Å². The van der Waals surface area contributed by atoms with Crippen LogP contribution in [0.1, 0.15) is 18.1 Å². The Balaban J connectivity index is 1.93. The van der Waals surface area contributed by atoms with E-state index in [4.69, 9.17) is 21.1 Å². The predicted octanol–water partition coefficient (Wildman–Crippen LogP) is 3.32. The fourth-order valence-corrected chi connectivity index (χ4v) is 3.18. The number of carbonyl (C=O) groups excluding carboxylic acids is 2. The van der Waals surface area contributed by atoms with Gasteiger partial charge >= 0.3 is 6.03 Å².